The Morgan fingerprint density at radius 1 is 1.06 bits per heavy atom. The zero-order valence-electron chi connectivity index (χ0n) is 8.97. The second kappa shape index (κ2) is 4.87. The van der Waals surface area contributed by atoms with Gasteiger partial charge in [0.05, 0.1) is 0 Å². The molecule has 2 heteroatoms. The summed E-state index contributed by atoms with van der Waals surface area (Å²) >= 11 is 1.22. The molecule has 0 saturated carbocycles. The van der Waals surface area contributed by atoms with Crippen molar-refractivity contribution >= 4 is 11.8 Å². The second-order valence-corrected chi connectivity index (χ2v) is 4.39. The molecule has 0 spiro atoms. The first kappa shape index (κ1) is 10.8. The quantitative estimate of drug-likeness (QED) is 0.564. The number of rotatable bonds is 2. The minimum Gasteiger partial charge on any atom is -0.185 e. The molecule has 0 heterocycles. The molecule has 0 fully saturated rings. The Balaban J connectivity index is 2.53. The Morgan fingerprint density at radius 2 is 1.81 bits per heavy atom. The zero-order chi connectivity index (χ0) is 11.4. The van der Waals surface area contributed by atoms with E-state index >= 15 is 0 Å². The Morgan fingerprint density at radius 3 is 2.50 bits per heavy atom. The lowest BCUT2D eigenvalue weighted by atomic mass is 10.0. The molecule has 0 unspecified atom stereocenters. The van der Waals surface area contributed by atoms with Crippen molar-refractivity contribution < 1.29 is 0 Å². The average molecular weight is 225 g/mol. The van der Waals surface area contributed by atoms with E-state index in [1.165, 1.54) is 17.3 Å². The molecule has 2 aromatic rings. The van der Waals surface area contributed by atoms with E-state index < -0.39 is 0 Å². The van der Waals surface area contributed by atoms with Crippen LogP contribution in [0.3, 0.4) is 0 Å². The minimum absolute atomic E-state index is 1.02. The second-order valence-electron chi connectivity index (χ2n) is 3.56. The topological polar surface area (TPSA) is 23.8 Å². The van der Waals surface area contributed by atoms with Crippen molar-refractivity contribution in [3.63, 3.8) is 0 Å². The standard InChI is InChI=1S/C14H11NS/c1-11-7-8-13(14(9-11)16-10-15)12-5-3-2-4-6-12/h2-9H,1H3. The smallest absolute Gasteiger partial charge is 0.138 e. The van der Waals surface area contributed by atoms with Gasteiger partial charge in [0.1, 0.15) is 5.40 Å². The van der Waals surface area contributed by atoms with Crippen LogP contribution in [0.5, 0.6) is 0 Å². The number of thiocyanates is 1. The van der Waals surface area contributed by atoms with Crippen LogP contribution < -0.4 is 0 Å². The largest absolute Gasteiger partial charge is 0.185 e. The molecule has 16 heavy (non-hydrogen) atoms. The minimum atomic E-state index is 1.02. The summed E-state index contributed by atoms with van der Waals surface area (Å²) in [6.45, 7) is 2.04. The Labute approximate surface area is 99.7 Å². The lowest BCUT2D eigenvalue weighted by Gasteiger charge is -2.07. The van der Waals surface area contributed by atoms with E-state index in [1.807, 2.05) is 25.1 Å². The molecule has 78 valence electrons. The van der Waals surface area contributed by atoms with Gasteiger partial charge in [-0.25, -0.2) is 0 Å². The third kappa shape index (κ3) is 2.26. The highest BCUT2D eigenvalue weighted by atomic mass is 32.2. The summed E-state index contributed by atoms with van der Waals surface area (Å²) < 4.78 is 0. The Bertz CT molecular complexity index is 526. The molecule has 0 amide bonds. The van der Waals surface area contributed by atoms with E-state index in [0.29, 0.717) is 0 Å². The van der Waals surface area contributed by atoms with Crippen molar-refractivity contribution in [3.8, 4) is 16.5 Å². The first-order valence-corrected chi connectivity index (χ1v) is 5.85. The molecule has 0 saturated heterocycles. The predicted octanol–water partition coefficient (Wildman–Crippen LogP) is 4.24. The number of nitrogens with zero attached hydrogens (tertiary/aromatic N) is 1. The fraction of sp³-hybridized carbons (Fsp3) is 0.0714. The lowest BCUT2D eigenvalue weighted by molar-refractivity contribution is 1.36. The third-order valence-corrected chi connectivity index (χ3v) is 3.03. The van der Waals surface area contributed by atoms with Gasteiger partial charge in [-0.3, -0.25) is 0 Å². The highest BCUT2D eigenvalue weighted by Crippen LogP contribution is 2.31. The molecule has 0 aliphatic rings. The van der Waals surface area contributed by atoms with Crippen molar-refractivity contribution in [2.45, 2.75) is 11.8 Å². The van der Waals surface area contributed by atoms with Crippen molar-refractivity contribution in [1.82, 2.24) is 0 Å². The molecular formula is C14H11NS. The van der Waals surface area contributed by atoms with Crippen LogP contribution in [0.1, 0.15) is 5.56 Å². The van der Waals surface area contributed by atoms with Crippen molar-refractivity contribution in [2.24, 2.45) is 0 Å². The molecule has 0 aliphatic heterocycles. The normalized spacial score (nSPS) is 9.75. The number of hydrogen-bond donors (Lipinski definition) is 0. The van der Waals surface area contributed by atoms with Crippen LogP contribution in [0.15, 0.2) is 53.4 Å². The van der Waals surface area contributed by atoms with Crippen LogP contribution in [-0.4, -0.2) is 0 Å². The van der Waals surface area contributed by atoms with Gasteiger partial charge < -0.3 is 0 Å². The van der Waals surface area contributed by atoms with E-state index in [1.54, 1.807) is 0 Å². The fourth-order valence-corrected chi connectivity index (χ4v) is 2.26. The van der Waals surface area contributed by atoms with Crippen LogP contribution in [0.2, 0.25) is 0 Å². The molecule has 2 rings (SSSR count). The van der Waals surface area contributed by atoms with Gasteiger partial charge in [0, 0.05) is 4.90 Å². The maximum atomic E-state index is 8.79. The average Bonchev–Trinajstić information content (AvgIpc) is 2.31. The molecule has 0 N–H and O–H groups in total. The van der Waals surface area contributed by atoms with Crippen LogP contribution in [0.25, 0.3) is 11.1 Å². The molecule has 0 bridgehead atoms. The highest BCUT2D eigenvalue weighted by Gasteiger charge is 2.05. The summed E-state index contributed by atoms with van der Waals surface area (Å²) in [6.07, 6.45) is 0. The van der Waals surface area contributed by atoms with Gasteiger partial charge in [0.2, 0.25) is 0 Å². The molecule has 0 aliphatic carbocycles. The summed E-state index contributed by atoms with van der Waals surface area (Å²) in [6, 6.07) is 16.3. The molecule has 0 atom stereocenters. The number of aryl methyl sites for hydroxylation is 1. The van der Waals surface area contributed by atoms with Gasteiger partial charge in [-0.1, -0.05) is 42.5 Å². The Kier molecular flexibility index (Phi) is 3.28. The first-order valence-electron chi connectivity index (χ1n) is 5.03. The van der Waals surface area contributed by atoms with E-state index in [2.05, 4.69) is 35.7 Å². The van der Waals surface area contributed by atoms with Crippen LogP contribution >= 0.6 is 11.8 Å². The Hall–Kier alpha value is -1.72. The van der Waals surface area contributed by atoms with Crippen LogP contribution in [0, 0.1) is 17.6 Å². The number of thioether (sulfide) groups is 1. The molecule has 1 nitrogen and oxygen atoms in total. The first-order chi connectivity index (χ1) is 7.81. The molecule has 0 aromatic heterocycles. The molecule has 0 radical (unpaired) electrons. The summed E-state index contributed by atoms with van der Waals surface area (Å²) in [4.78, 5) is 1.02. The van der Waals surface area contributed by atoms with Gasteiger partial charge in [-0.05, 0) is 41.4 Å². The van der Waals surface area contributed by atoms with Gasteiger partial charge in [0.25, 0.3) is 0 Å². The van der Waals surface area contributed by atoms with Crippen molar-refractivity contribution in [1.29, 1.82) is 5.26 Å². The number of hydrogen-bond acceptors (Lipinski definition) is 2. The monoisotopic (exact) mass is 225 g/mol. The van der Waals surface area contributed by atoms with Gasteiger partial charge >= 0.3 is 0 Å². The fourth-order valence-electron chi connectivity index (χ4n) is 1.62. The number of benzene rings is 2. The van der Waals surface area contributed by atoms with E-state index in [4.69, 9.17) is 5.26 Å². The summed E-state index contributed by atoms with van der Waals surface area (Å²) in [7, 11) is 0. The van der Waals surface area contributed by atoms with E-state index in [-0.39, 0.29) is 0 Å². The zero-order valence-corrected chi connectivity index (χ0v) is 9.79. The van der Waals surface area contributed by atoms with E-state index in [0.717, 1.165) is 16.0 Å². The third-order valence-electron chi connectivity index (χ3n) is 2.38. The van der Waals surface area contributed by atoms with Crippen LogP contribution in [0.4, 0.5) is 0 Å². The summed E-state index contributed by atoms with van der Waals surface area (Å²) in [5.41, 5.74) is 3.45. The SMILES string of the molecule is Cc1ccc(-c2ccccc2)c(SC#N)c1. The number of nitriles is 1. The van der Waals surface area contributed by atoms with Gasteiger partial charge in [0.15, 0.2) is 0 Å². The maximum Gasteiger partial charge on any atom is 0.138 e. The summed E-state index contributed by atoms with van der Waals surface area (Å²) in [5.74, 6) is 0. The maximum absolute atomic E-state index is 8.79. The van der Waals surface area contributed by atoms with Crippen molar-refractivity contribution in [2.75, 3.05) is 0 Å². The van der Waals surface area contributed by atoms with Gasteiger partial charge in [-0.15, -0.1) is 0 Å². The summed E-state index contributed by atoms with van der Waals surface area (Å²) in [5, 5.41) is 10.9. The lowest BCUT2D eigenvalue weighted by Crippen LogP contribution is -1.83. The van der Waals surface area contributed by atoms with Crippen molar-refractivity contribution in [3.05, 3.63) is 54.1 Å². The predicted molar refractivity (Wildman–Crippen MR) is 68.1 cm³/mol. The highest BCUT2D eigenvalue weighted by molar-refractivity contribution is 8.03. The van der Waals surface area contributed by atoms with Gasteiger partial charge in [-0.2, -0.15) is 5.26 Å². The molecule has 2 aromatic carbocycles. The van der Waals surface area contributed by atoms with E-state index in [9.17, 15) is 0 Å². The van der Waals surface area contributed by atoms with Crippen LogP contribution in [-0.2, 0) is 0 Å². The molecular weight excluding hydrogens is 214 g/mol.